The molecule has 1 saturated carbocycles. The van der Waals surface area contributed by atoms with Crippen LogP contribution in [0.3, 0.4) is 0 Å². The molecule has 0 bridgehead atoms. The number of hydrogen-bond acceptors (Lipinski definition) is 5. The second kappa shape index (κ2) is 4.53. The summed E-state index contributed by atoms with van der Waals surface area (Å²) in [6.45, 7) is 0. The SMILES string of the molecule is CSCc1noc(C2(N)CCCCC2)n1. The van der Waals surface area contributed by atoms with Crippen molar-refractivity contribution in [3.63, 3.8) is 0 Å². The van der Waals surface area contributed by atoms with E-state index >= 15 is 0 Å². The molecule has 0 saturated heterocycles. The van der Waals surface area contributed by atoms with Gasteiger partial charge in [0.25, 0.3) is 0 Å². The Morgan fingerprint density at radius 1 is 1.40 bits per heavy atom. The highest BCUT2D eigenvalue weighted by Crippen LogP contribution is 2.33. The minimum Gasteiger partial charge on any atom is -0.337 e. The van der Waals surface area contributed by atoms with Gasteiger partial charge in [0.2, 0.25) is 5.89 Å². The first-order valence-corrected chi connectivity index (χ1v) is 6.75. The summed E-state index contributed by atoms with van der Waals surface area (Å²) in [6, 6.07) is 0. The summed E-state index contributed by atoms with van der Waals surface area (Å²) >= 11 is 1.69. The molecule has 0 aromatic carbocycles. The van der Waals surface area contributed by atoms with E-state index in [2.05, 4.69) is 10.1 Å². The third-order valence-electron chi connectivity index (χ3n) is 2.91. The largest absolute Gasteiger partial charge is 0.337 e. The van der Waals surface area contributed by atoms with Crippen molar-refractivity contribution in [3.8, 4) is 0 Å². The Morgan fingerprint density at radius 3 is 2.80 bits per heavy atom. The summed E-state index contributed by atoms with van der Waals surface area (Å²) in [7, 11) is 0. The first-order valence-electron chi connectivity index (χ1n) is 5.35. The van der Waals surface area contributed by atoms with E-state index in [1.165, 1.54) is 6.42 Å². The second-order valence-corrected chi connectivity index (χ2v) is 5.03. The Labute approximate surface area is 94.0 Å². The average molecular weight is 227 g/mol. The maximum atomic E-state index is 6.29. The predicted molar refractivity (Wildman–Crippen MR) is 60.5 cm³/mol. The summed E-state index contributed by atoms with van der Waals surface area (Å²) in [5.74, 6) is 2.18. The smallest absolute Gasteiger partial charge is 0.246 e. The molecule has 0 radical (unpaired) electrons. The van der Waals surface area contributed by atoms with Crippen LogP contribution in [0.5, 0.6) is 0 Å². The molecule has 4 nitrogen and oxygen atoms in total. The van der Waals surface area contributed by atoms with E-state index in [-0.39, 0.29) is 5.54 Å². The molecule has 1 aromatic heterocycles. The van der Waals surface area contributed by atoms with Crippen LogP contribution < -0.4 is 5.73 Å². The molecule has 2 N–H and O–H groups in total. The van der Waals surface area contributed by atoms with Gasteiger partial charge in [0.05, 0.1) is 11.3 Å². The molecule has 84 valence electrons. The van der Waals surface area contributed by atoms with Gasteiger partial charge in [0, 0.05) is 0 Å². The Balaban J connectivity index is 2.12. The molecule has 0 aliphatic heterocycles. The van der Waals surface area contributed by atoms with Crippen LogP contribution in [0.15, 0.2) is 4.52 Å². The van der Waals surface area contributed by atoms with Crippen molar-refractivity contribution in [3.05, 3.63) is 11.7 Å². The molecular weight excluding hydrogens is 210 g/mol. The number of nitrogens with two attached hydrogens (primary N) is 1. The monoisotopic (exact) mass is 227 g/mol. The van der Waals surface area contributed by atoms with Gasteiger partial charge >= 0.3 is 0 Å². The van der Waals surface area contributed by atoms with Crippen LogP contribution in [0.1, 0.15) is 43.8 Å². The predicted octanol–water partition coefficient (Wildman–Crippen LogP) is 2.05. The van der Waals surface area contributed by atoms with Crippen molar-refractivity contribution in [1.82, 2.24) is 10.1 Å². The van der Waals surface area contributed by atoms with Gasteiger partial charge in [-0.15, -0.1) is 0 Å². The van der Waals surface area contributed by atoms with E-state index in [9.17, 15) is 0 Å². The first kappa shape index (κ1) is 11.0. The fraction of sp³-hybridized carbons (Fsp3) is 0.800. The molecule has 0 amide bonds. The van der Waals surface area contributed by atoms with Crippen LogP contribution in [0.25, 0.3) is 0 Å². The summed E-state index contributed by atoms with van der Waals surface area (Å²) < 4.78 is 5.26. The zero-order chi connectivity index (χ0) is 10.7. The highest BCUT2D eigenvalue weighted by Gasteiger charge is 2.34. The van der Waals surface area contributed by atoms with Gasteiger partial charge in [0.1, 0.15) is 0 Å². The first-order chi connectivity index (χ1) is 7.24. The molecule has 5 heteroatoms. The summed E-state index contributed by atoms with van der Waals surface area (Å²) in [6.07, 6.45) is 7.55. The van der Waals surface area contributed by atoms with Crippen LogP contribution in [-0.2, 0) is 11.3 Å². The lowest BCUT2D eigenvalue weighted by molar-refractivity contribution is 0.219. The lowest BCUT2D eigenvalue weighted by Crippen LogP contribution is -2.38. The van der Waals surface area contributed by atoms with Crippen LogP contribution in [-0.4, -0.2) is 16.4 Å². The third kappa shape index (κ3) is 2.34. The van der Waals surface area contributed by atoms with Crippen LogP contribution in [0.4, 0.5) is 0 Å². The quantitative estimate of drug-likeness (QED) is 0.856. The molecular formula is C10H17N3OS. The summed E-state index contributed by atoms with van der Waals surface area (Å²) in [4.78, 5) is 4.37. The number of hydrogen-bond donors (Lipinski definition) is 1. The highest BCUT2D eigenvalue weighted by molar-refractivity contribution is 7.97. The molecule has 1 heterocycles. The van der Waals surface area contributed by atoms with Crippen molar-refractivity contribution in [2.45, 2.75) is 43.4 Å². The molecule has 15 heavy (non-hydrogen) atoms. The van der Waals surface area contributed by atoms with Gasteiger partial charge in [-0.05, 0) is 19.1 Å². The Morgan fingerprint density at radius 2 is 2.13 bits per heavy atom. The van der Waals surface area contributed by atoms with E-state index < -0.39 is 0 Å². The van der Waals surface area contributed by atoms with Gasteiger partial charge in [-0.3, -0.25) is 0 Å². The molecule has 0 unspecified atom stereocenters. The summed E-state index contributed by atoms with van der Waals surface area (Å²) in [5.41, 5.74) is 5.93. The van der Waals surface area contributed by atoms with E-state index in [1.807, 2.05) is 6.26 Å². The molecule has 1 fully saturated rings. The van der Waals surface area contributed by atoms with Gasteiger partial charge < -0.3 is 10.3 Å². The van der Waals surface area contributed by atoms with Crippen molar-refractivity contribution in [2.75, 3.05) is 6.26 Å². The van der Waals surface area contributed by atoms with E-state index in [1.54, 1.807) is 11.8 Å². The summed E-state index contributed by atoms with van der Waals surface area (Å²) in [5, 5.41) is 3.94. The van der Waals surface area contributed by atoms with Crippen LogP contribution in [0, 0.1) is 0 Å². The highest BCUT2D eigenvalue weighted by atomic mass is 32.2. The zero-order valence-electron chi connectivity index (χ0n) is 9.03. The van der Waals surface area contributed by atoms with Crippen LogP contribution in [0.2, 0.25) is 0 Å². The van der Waals surface area contributed by atoms with Gasteiger partial charge in [-0.25, -0.2) is 0 Å². The van der Waals surface area contributed by atoms with E-state index in [4.69, 9.17) is 10.3 Å². The van der Waals surface area contributed by atoms with Crippen molar-refractivity contribution < 1.29 is 4.52 Å². The van der Waals surface area contributed by atoms with E-state index in [0.29, 0.717) is 5.89 Å². The van der Waals surface area contributed by atoms with Crippen molar-refractivity contribution >= 4 is 11.8 Å². The normalized spacial score (nSPS) is 20.4. The topological polar surface area (TPSA) is 64.9 Å². The third-order valence-corrected chi connectivity index (χ3v) is 3.46. The lowest BCUT2D eigenvalue weighted by atomic mass is 9.82. The average Bonchev–Trinajstić information content (AvgIpc) is 2.69. The zero-order valence-corrected chi connectivity index (χ0v) is 9.85. The molecule has 0 spiro atoms. The standard InChI is InChI=1S/C10H17N3OS/c1-15-7-8-12-9(14-13-8)10(11)5-3-2-4-6-10/h2-7,11H2,1H3. The van der Waals surface area contributed by atoms with Gasteiger partial charge in [-0.2, -0.15) is 16.7 Å². The maximum absolute atomic E-state index is 6.29. The molecule has 2 rings (SSSR count). The Bertz CT molecular complexity index is 320. The Kier molecular flexibility index (Phi) is 3.31. The lowest BCUT2D eigenvalue weighted by Gasteiger charge is -2.29. The van der Waals surface area contributed by atoms with Crippen molar-refractivity contribution in [2.24, 2.45) is 5.73 Å². The molecule has 0 atom stereocenters. The fourth-order valence-corrected chi connectivity index (χ4v) is 2.42. The number of aromatic nitrogens is 2. The van der Waals surface area contributed by atoms with Gasteiger partial charge in [0.15, 0.2) is 5.82 Å². The van der Waals surface area contributed by atoms with Crippen LogP contribution >= 0.6 is 11.8 Å². The fourth-order valence-electron chi connectivity index (χ4n) is 2.04. The molecule has 1 aliphatic rings. The van der Waals surface area contributed by atoms with Crippen molar-refractivity contribution in [1.29, 1.82) is 0 Å². The minimum absolute atomic E-state index is 0.359. The van der Waals surface area contributed by atoms with E-state index in [0.717, 1.165) is 37.3 Å². The maximum Gasteiger partial charge on any atom is 0.246 e. The number of nitrogens with zero attached hydrogens (tertiary/aromatic N) is 2. The number of thioether (sulfide) groups is 1. The minimum atomic E-state index is -0.359. The second-order valence-electron chi connectivity index (χ2n) is 4.17. The molecule has 1 aliphatic carbocycles. The van der Waals surface area contributed by atoms with Gasteiger partial charge in [-0.1, -0.05) is 24.4 Å². The Hall–Kier alpha value is -0.550. The molecule has 1 aromatic rings. The number of rotatable bonds is 3.